The van der Waals surface area contributed by atoms with Crippen LogP contribution in [0.3, 0.4) is 0 Å². The van der Waals surface area contributed by atoms with Crippen molar-refractivity contribution in [3.8, 4) is 28.4 Å². The van der Waals surface area contributed by atoms with Gasteiger partial charge in [0.25, 0.3) is 5.69 Å². The van der Waals surface area contributed by atoms with E-state index in [1.54, 1.807) is 78.9 Å². The molecule has 0 saturated heterocycles. The molecule has 0 radical (unpaired) electrons. The summed E-state index contributed by atoms with van der Waals surface area (Å²) in [6.07, 6.45) is 9.82. The molecule has 0 N–H and O–H groups in total. The van der Waals surface area contributed by atoms with Gasteiger partial charge in [-0.05, 0) is 72.6 Å². The van der Waals surface area contributed by atoms with Gasteiger partial charge in [0, 0.05) is 23.8 Å². The number of rotatable bonds is 16. The molecule has 0 atom stereocenters. The van der Waals surface area contributed by atoms with Crippen LogP contribution in [-0.4, -0.2) is 23.5 Å². The lowest BCUT2D eigenvalue weighted by Crippen LogP contribution is -2.11. The molecule has 44 heavy (non-hydrogen) atoms. The number of ether oxygens (including phenoxy) is 3. The first-order chi connectivity index (χ1) is 21.4. The highest BCUT2D eigenvalue weighted by Crippen LogP contribution is 2.35. The summed E-state index contributed by atoms with van der Waals surface area (Å²) in [5, 5.41) is 11.1. The molecule has 4 aromatic rings. The lowest BCUT2D eigenvalue weighted by molar-refractivity contribution is -0.384. The van der Waals surface area contributed by atoms with Gasteiger partial charge in [0.15, 0.2) is 0 Å². The molecule has 0 aromatic heterocycles. The molecular formula is C36H37NO7. The fourth-order valence-electron chi connectivity index (χ4n) is 4.66. The van der Waals surface area contributed by atoms with E-state index >= 15 is 0 Å². The number of nitro benzene ring substituents is 1. The van der Waals surface area contributed by atoms with Crippen LogP contribution in [0.4, 0.5) is 5.69 Å². The number of unbranched alkanes of at least 4 members (excludes halogenated alkanes) is 7. The van der Waals surface area contributed by atoms with Crippen LogP contribution in [0.25, 0.3) is 11.1 Å². The summed E-state index contributed by atoms with van der Waals surface area (Å²) in [6.45, 7) is 2.85. The maximum absolute atomic E-state index is 12.9. The molecule has 4 rings (SSSR count). The van der Waals surface area contributed by atoms with Gasteiger partial charge in [-0.3, -0.25) is 10.1 Å². The van der Waals surface area contributed by atoms with Crippen molar-refractivity contribution in [3.05, 3.63) is 118 Å². The van der Waals surface area contributed by atoms with Gasteiger partial charge in [0.05, 0.1) is 22.7 Å². The average Bonchev–Trinajstić information content (AvgIpc) is 3.05. The molecule has 8 heteroatoms. The van der Waals surface area contributed by atoms with Gasteiger partial charge in [0.1, 0.15) is 17.2 Å². The molecule has 228 valence electrons. The van der Waals surface area contributed by atoms with E-state index < -0.39 is 16.9 Å². The fraction of sp³-hybridized carbons (Fsp3) is 0.278. The number of non-ortho nitro benzene ring substituents is 1. The molecule has 0 aliphatic heterocycles. The Kier molecular flexibility index (Phi) is 12.1. The second-order valence-electron chi connectivity index (χ2n) is 10.5. The summed E-state index contributed by atoms with van der Waals surface area (Å²) >= 11 is 0. The summed E-state index contributed by atoms with van der Waals surface area (Å²) in [5.41, 5.74) is 1.71. The van der Waals surface area contributed by atoms with Crippen LogP contribution in [0.2, 0.25) is 0 Å². The van der Waals surface area contributed by atoms with Crippen molar-refractivity contribution in [1.29, 1.82) is 0 Å². The van der Waals surface area contributed by atoms with Crippen LogP contribution in [-0.2, 0) is 0 Å². The highest BCUT2D eigenvalue weighted by molar-refractivity contribution is 5.93. The van der Waals surface area contributed by atoms with Crippen molar-refractivity contribution in [2.45, 2.75) is 58.3 Å². The predicted molar refractivity (Wildman–Crippen MR) is 169 cm³/mol. The summed E-state index contributed by atoms with van der Waals surface area (Å²) in [4.78, 5) is 36.4. The molecule has 0 heterocycles. The number of nitrogens with zero attached hydrogens (tertiary/aromatic N) is 1. The van der Waals surface area contributed by atoms with Crippen molar-refractivity contribution < 1.29 is 28.7 Å². The zero-order valence-corrected chi connectivity index (χ0v) is 24.9. The van der Waals surface area contributed by atoms with Gasteiger partial charge in [-0.25, -0.2) is 9.59 Å². The van der Waals surface area contributed by atoms with Crippen LogP contribution in [0.1, 0.15) is 79.0 Å². The number of nitro groups is 1. The highest BCUT2D eigenvalue weighted by atomic mass is 16.6. The Morgan fingerprint density at radius 2 is 1.25 bits per heavy atom. The van der Waals surface area contributed by atoms with E-state index in [1.165, 1.54) is 56.7 Å². The minimum Gasteiger partial charge on any atom is -0.494 e. The molecule has 0 unspecified atom stereocenters. The number of benzene rings is 4. The van der Waals surface area contributed by atoms with Crippen LogP contribution < -0.4 is 14.2 Å². The SMILES string of the molecule is CCCCCCCCCCOc1ccc(C(=O)Oc2ccc(-c3ccc([N+](=O)[O-])cc3)c(OC(=O)c3ccccc3)c2)cc1. The predicted octanol–water partition coefficient (Wildman–Crippen LogP) is 9.22. The van der Waals surface area contributed by atoms with Crippen LogP contribution in [0.15, 0.2) is 97.1 Å². The van der Waals surface area contributed by atoms with Gasteiger partial charge in [-0.15, -0.1) is 0 Å². The first-order valence-electron chi connectivity index (χ1n) is 15.1. The summed E-state index contributed by atoms with van der Waals surface area (Å²) < 4.78 is 17.2. The van der Waals surface area contributed by atoms with E-state index in [-0.39, 0.29) is 17.2 Å². The summed E-state index contributed by atoms with van der Waals surface area (Å²) in [6, 6.07) is 25.8. The van der Waals surface area contributed by atoms with E-state index in [1.807, 2.05) is 0 Å². The fourth-order valence-corrected chi connectivity index (χ4v) is 4.66. The standard InChI is InChI=1S/C36H37NO7/c1-2-3-4-5-6-7-8-12-25-42-31-21-17-29(18-22-31)35(38)43-32-23-24-33(27-15-19-30(20-16-27)37(40)41)34(26-32)44-36(39)28-13-10-9-11-14-28/h9-11,13-24,26H,2-8,12,25H2,1H3. The third kappa shape index (κ3) is 9.52. The molecule has 8 nitrogen and oxygen atoms in total. The average molecular weight is 596 g/mol. The lowest BCUT2D eigenvalue weighted by Gasteiger charge is -2.13. The maximum atomic E-state index is 12.9. The zero-order valence-electron chi connectivity index (χ0n) is 24.9. The topological polar surface area (TPSA) is 105 Å². The first-order valence-corrected chi connectivity index (χ1v) is 15.1. The quantitative estimate of drug-likeness (QED) is 0.0418. The zero-order chi connectivity index (χ0) is 31.1. The van der Waals surface area contributed by atoms with Crippen LogP contribution in [0.5, 0.6) is 17.2 Å². The highest BCUT2D eigenvalue weighted by Gasteiger charge is 2.17. The van der Waals surface area contributed by atoms with E-state index in [0.29, 0.717) is 34.6 Å². The molecule has 4 aromatic carbocycles. The van der Waals surface area contributed by atoms with Gasteiger partial charge in [-0.2, -0.15) is 0 Å². The molecule has 0 bridgehead atoms. The Morgan fingerprint density at radius 1 is 0.659 bits per heavy atom. The van der Waals surface area contributed by atoms with Crippen molar-refractivity contribution in [2.75, 3.05) is 6.61 Å². The van der Waals surface area contributed by atoms with E-state index in [4.69, 9.17) is 14.2 Å². The van der Waals surface area contributed by atoms with Crippen molar-refractivity contribution >= 4 is 17.6 Å². The Hall–Kier alpha value is -4.98. The maximum Gasteiger partial charge on any atom is 0.343 e. The molecule has 0 amide bonds. The second-order valence-corrected chi connectivity index (χ2v) is 10.5. The van der Waals surface area contributed by atoms with E-state index in [2.05, 4.69) is 6.92 Å². The Morgan fingerprint density at radius 3 is 1.91 bits per heavy atom. The number of carbonyl (C=O) groups excluding carboxylic acids is 2. The third-order valence-corrected chi connectivity index (χ3v) is 7.12. The molecule has 0 aliphatic carbocycles. The molecule has 0 fully saturated rings. The lowest BCUT2D eigenvalue weighted by atomic mass is 10.0. The van der Waals surface area contributed by atoms with Gasteiger partial charge in [0.2, 0.25) is 0 Å². The van der Waals surface area contributed by atoms with Crippen molar-refractivity contribution in [3.63, 3.8) is 0 Å². The first kappa shape index (κ1) is 31.9. The van der Waals surface area contributed by atoms with E-state index in [0.717, 1.165) is 12.8 Å². The normalized spacial score (nSPS) is 10.7. The summed E-state index contributed by atoms with van der Waals surface area (Å²) in [7, 11) is 0. The second kappa shape index (κ2) is 16.6. The molecule has 0 saturated carbocycles. The number of hydrogen-bond donors (Lipinski definition) is 0. The third-order valence-electron chi connectivity index (χ3n) is 7.12. The smallest absolute Gasteiger partial charge is 0.343 e. The van der Waals surface area contributed by atoms with Crippen molar-refractivity contribution in [2.24, 2.45) is 0 Å². The largest absolute Gasteiger partial charge is 0.494 e. The Balaban J connectivity index is 1.39. The van der Waals surface area contributed by atoms with Gasteiger partial charge >= 0.3 is 11.9 Å². The number of hydrogen-bond acceptors (Lipinski definition) is 7. The number of carbonyl (C=O) groups is 2. The van der Waals surface area contributed by atoms with Crippen LogP contribution in [0, 0.1) is 10.1 Å². The number of esters is 2. The Bertz CT molecular complexity index is 1520. The van der Waals surface area contributed by atoms with E-state index in [9.17, 15) is 19.7 Å². The van der Waals surface area contributed by atoms with Gasteiger partial charge in [-0.1, -0.05) is 70.1 Å². The molecular weight excluding hydrogens is 558 g/mol. The van der Waals surface area contributed by atoms with Gasteiger partial charge < -0.3 is 14.2 Å². The molecule has 0 spiro atoms. The van der Waals surface area contributed by atoms with Crippen molar-refractivity contribution in [1.82, 2.24) is 0 Å². The Labute approximate surface area is 257 Å². The molecule has 0 aliphatic rings. The van der Waals surface area contributed by atoms with Crippen LogP contribution >= 0.6 is 0 Å². The monoisotopic (exact) mass is 595 g/mol. The minimum absolute atomic E-state index is 0.0632. The summed E-state index contributed by atoms with van der Waals surface area (Å²) in [5.74, 6) is -0.177. The minimum atomic E-state index is -0.597.